The maximum Gasteiger partial charge on any atom is 0.240 e. The number of nitrogen functional groups attached to an aromatic ring is 1. The van der Waals surface area contributed by atoms with Crippen LogP contribution in [-0.2, 0) is 11.2 Å². The number of nitrogens with zero attached hydrogens (tertiary/aromatic N) is 4. The van der Waals surface area contributed by atoms with Crippen LogP contribution in [0.4, 0.5) is 5.69 Å². The largest absolute Gasteiger partial charge is 0.381 e. The molecule has 3 N–H and O–H groups in total. The number of carbonyl (C=O) groups is 1. The van der Waals surface area contributed by atoms with Gasteiger partial charge >= 0.3 is 0 Å². The third kappa shape index (κ3) is 5.78. The van der Waals surface area contributed by atoms with Crippen molar-refractivity contribution in [2.45, 2.75) is 81.0 Å². The van der Waals surface area contributed by atoms with Crippen molar-refractivity contribution in [1.29, 1.82) is 5.41 Å². The minimum Gasteiger partial charge on any atom is -0.381 e. The smallest absolute Gasteiger partial charge is 0.240 e. The van der Waals surface area contributed by atoms with Gasteiger partial charge in [0, 0.05) is 41.8 Å². The number of likely N-dealkylation sites (tertiary alicyclic amines) is 1. The van der Waals surface area contributed by atoms with Crippen LogP contribution in [0, 0.1) is 5.41 Å². The molecule has 2 aliphatic rings. The summed E-state index contributed by atoms with van der Waals surface area (Å²) in [4.78, 5) is 27.7. The van der Waals surface area contributed by atoms with Crippen molar-refractivity contribution in [2.24, 2.45) is 5.73 Å². The lowest BCUT2D eigenvalue weighted by molar-refractivity contribution is -0.118. The summed E-state index contributed by atoms with van der Waals surface area (Å²) in [6.45, 7) is 6.60. The number of hydrogen-bond acceptors (Lipinski definition) is 6. The van der Waals surface area contributed by atoms with E-state index < -0.39 is 0 Å². The summed E-state index contributed by atoms with van der Waals surface area (Å²) in [6.07, 6.45) is 9.34. The lowest BCUT2D eigenvalue weighted by atomic mass is 9.97. The van der Waals surface area contributed by atoms with E-state index in [1.54, 1.807) is 24.0 Å². The summed E-state index contributed by atoms with van der Waals surface area (Å²) in [7, 11) is 0. The van der Waals surface area contributed by atoms with E-state index in [0.717, 1.165) is 42.2 Å². The first-order valence-electron chi connectivity index (χ1n) is 12.4. The van der Waals surface area contributed by atoms with E-state index in [1.165, 1.54) is 25.7 Å². The third-order valence-corrected chi connectivity index (χ3v) is 8.24. The summed E-state index contributed by atoms with van der Waals surface area (Å²) in [5.74, 6) is 0.176. The van der Waals surface area contributed by atoms with Crippen LogP contribution in [0.15, 0.2) is 41.4 Å². The number of para-hydroxylation sites is 1. The van der Waals surface area contributed by atoms with E-state index in [2.05, 4.69) is 34.8 Å². The Morgan fingerprint density at radius 1 is 1.12 bits per heavy atom. The maximum atomic E-state index is 13.5. The molecule has 0 aliphatic carbocycles. The number of amidine groups is 1. The molecule has 0 radical (unpaired) electrons. The van der Waals surface area contributed by atoms with E-state index in [-0.39, 0.29) is 22.8 Å². The average molecular weight is 481 g/mol. The molecule has 1 unspecified atom stereocenters. The van der Waals surface area contributed by atoms with Crippen molar-refractivity contribution in [1.82, 2.24) is 14.9 Å². The molecular formula is C26H36N6OS. The monoisotopic (exact) mass is 480 g/mol. The van der Waals surface area contributed by atoms with Crippen molar-refractivity contribution < 1.29 is 4.79 Å². The zero-order valence-corrected chi connectivity index (χ0v) is 21.1. The second-order valence-electron chi connectivity index (χ2n) is 9.48. The van der Waals surface area contributed by atoms with E-state index in [4.69, 9.17) is 11.1 Å². The number of unbranched alkanes of at least 4 members (excludes halogenated alkanes) is 2. The molecule has 1 aromatic heterocycles. The molecular weight excluding hydrogens is 444 g/mol. The molecule has 0 spiro atoms. The molecule has 7 nitrogen and oxygen atoms in total. The first kappa shape index (κ1) is 24.7. The number of nitrogens with one attached hydrogen (secondary N) is 1. The number of piperidine rings is 1. The third-order valence-electron chi connectivity index (χ3n) is 6.99. The van der Waals surface area contributed by atoms with Crippen LogP contribution in [0.5, 0.6) is 0 Å². The Morgan fingerprint density at radius 3 is 2.62 bits per heavy atom. The SMILES string of the molecule is C[C@@H]1CCC[C@H](C)N1CCCCCN1C(=O)C(Cc2ccnc(C(=N)N)n2)Sc2ccccc21. The molecule has 1 saturated heterocycles. The summed E-state index contributed by atoms with van der Waals surface area (Å²) in [5, 5.41) is 7.34. The van der Waals surface area contributed by atoms with Crippen LogP contribution in [-0.4, -0.2) is 57.0 Å². The second-order valence-corrected chi connectivity index (χ2v) is 10.7. The van der Waals surface area contributed by atoms with Crippen LogP contribution in [0.3, 0.4) is 0 Å². The van der Waals surface area contributed by atoms with Gasteiger partial charge in [-0.1, -0.05) is 25.0 Å². The van der Waals surface area contributed by atoms with E-state index >= 15 is 0 Å². The molecule has 1 fully saturated rings. The highest BCUT2D eigenvalue weighted by Gasteiger charge is 2.33. The number of amides is 1. The van der Waals surface area contributed by atoms with Gasteiger partial charge in [0.05, 0.1) is 10.9 Å². The number of thioether (sulfide) groups is 1. The van der Waals surface area contributed by atoms with Gasteiger partial charge in [-0.3, -0.25) is 15.1 Å². The highest BCUT2D eigenvalue weighted by atomic mass is 32.2. The topological polar surface area (TPSA) is 99.2 Å². The van der Waals surface area contributed by atoms with Crippen molar-refractivity contribution in [3.05, 3.63) is 48.0 Å². The van der Waals surface area contributed by atoms with Crippen LogP contribution in [0.2, 0.25) is 0 Å². The van der Waals surface area contributed by atoms with E-state index in [9.17, 15) is 4.79 Å². The highest BCUT2D eigenvalue weighted by Crippen LogP contribution is 2.40. The lowest BCUT2D eigenvalue weighted by Crippen LogP contribution is -2.44. The van der Waals surface area contributed by atoms with Crippen molar-refractivity contribution in [3.8, 4) is 0 Å². The van der Waals surface area contributed by atoms with Crippen LogP contribution < -0.4 is 10.6 Å². The summed E-state index contributed by atoms with van der Waals surface area (Å²) >= 11 is 1.60. The number of carbonyl (C=O) groups excluding carboxylic acids is 1. The van der Waals surface area contributed by atoms with Crippen molar-refractivity contribution in [3.63, 3.8) is 0 Å². The lowest BCUT2D eigenvalue weighted by Gasteiger charge is -2.39. The maximum absolute atomic E-state index is 13.5. The van der Waals surface area contributed by atoms with Crippen LogP contribution in [0.25, 0.3) is 0 Å². The van der Waals surface area contributed by atoms with Crippen molar-refractivity contribution >= 4 is 29.2 Å². The Kier molecular flexibility index (Phi) is 8.21. The Bertz CT molecular complexity index is 1000. The molecule has 1 aromatic carbocycles. The quantitative estimate of drug-likeness (QED) is 0.316. The molecule has 182 valence electrons. The molecule has 2 aromatic rings. The first-order chi connectivity index (χ1) is 16.4. The molecule has 2 aliphatic heterocycles. The van der Waals surface area contributed by atoms with Gasteiger partial charge in [-0.15, -0.1) is 11.8 Å². The standard InChI is InChI=1S/C26H36N6OS/c1-18-9-8-10-19(2)31(18)15-6-3-7-16-32-21-11-4-5-12-22(21)34-23(26(32)33)17-20-13-14-29-25(30-20)24(27)28/h4-5,11-14,18-19,23H,3,6-10,15-17H2,1-2H3,(H3,27,28)/t18-,19+,23?. The molecule has 4 rings (SSSR count). The van der Waals surface area contributed by atoms with Gasteiger partial charge in [0.2, 0.25) is 5.91 Å². The second kappa shape index (κ2) is 11.3. The Morgan fingerprint density at radius 2 is 1.85 bits per heavy atom. The van der Waals surface area contributed by atoms with Crippen LogP contribution in [0.1, 0.15) is 63.9 Å². The molecule has 34 heavy (non-hydrogen) atoms. The molecule has 3 atom stereocenters. The predicted octanol–water partition coefficient (Wildman–Crippen LogP) is 4.24. The number of rotatable bonds is 9. The predicted molar refractivity (Wildman–Crippen MR) is 139 cm³/mol. The van der Waals surface area contributed by atoms with Gasteiger partial charge in [-0.2, -0.15) is 0 Å². The van der Waals surface area contributed by atoms with E-state index in [1.807, 2.05) is 23.1 Å². The summed E-state index contributed by atoms with van der Waals surface area (Å²) < 4.78 is 0. The zero-order valence-electron chi connectivity index (χ0n) is 20.2. The molecule has 3 heterocycles. The molecule has 0 bridgehead atoms. The Labute approximate surface area is 207 Å². The van der Waals surface area contributed by atoms with Gasteiger partial charge in [0.1, 0.15) is 0 Å². The Balaban J connectivity index is 1.37. The number of aromatic nitrogens is 2. The summed E-state index contributed by atoms with van der Waals surface area (Å²) in [6, 6.07) is 11.3. The zero-order chi connectivity index (χ0) is 24.1. The van der Waals surface area contributed by atoms with Gasteiger partial charge < -0.3 is 10.6 Å². The number of hydrogen-bond donors (Lipinski definition) is 2. The fourth-order valence-electron chi connectivity index (χ4n) is 5.12. The number of benzene rings is 1. The summed E-state index contributed by atoms with van der Waals surface area (Å²) in [5.41, 5.74) is 7.29. The molecule has 1 amide bonds. The van der Waals surface area contributed by atoms with Crippen molar-refractivity contribution in [2.75, 3.05) is 18.0 Å². The van der Waals surface area contributed by atoms with Gasteiger partial charge in [0.25, 0.3) is 0 Å². The fourth-order valence-corrected chi connectivity index (χ4v) is 6.37. The number of fused-ring (bicyclic) bond motifs is 1. The van der Waals surface area contributed by atoms with E-state index in [0.29, 0.717) is 18.5 Å². The van der Waals surface area contributed by atoms with Crippen LogP contribution >= 0.6 is 11.8 Å². The normalized spacial score (nSPS) is 23.1. The number of nitrogens with two attached hydrogens (primary N) is 1. The Hall–Kier alpha value is -2.45. The minimum absolute atomic E-state index is 0.130. The molecule has 8 heteroatoms. The highest BCUT2D eigenvalue weighted by molar-refractivity contribution is 8.01. The first-order valence-corrected chi connectivity index (χ1v) is 13.3. The number of anilines is 1. The minimum atomic E-state index is -0.250. The fraction of sp³-hybridized carbons (Fsp3) is 0.538. The average Bonchev–Trinajstić information content (AvgIpc) is 2.82. The van der Waals surface area contributed by atoms with Gasteiger partial charge in [0.15, 0.2) is 11.7 Å². The molecule has 0 saturated carbocycles. The van der Waals surface area contributed by atoms with Gasteiger partial charge in [-0.25, -0.2) is 9.97 Å². The van der Waals surface area contributed by atoms with Gasteiger partial charge in [-0.05, 0) is 64.3 Å².